The van der Waals surface area contributed by atoms with E-state index in [0.29, 0.717) is 18.4 Å². The SMILES string of the molecule is CN1CCN(C)C(CNC(=O)CC2CCNC2)C1. The van der Waals surface area contributed by atoms with E-state index in [9.17, 15) is 4.79 Å². The summed E-state index contributed by atoms with van der Waals surface area (Å²) in [7, 11) is 4.29. The molecular weight excluding hydrogens is 228 g/mol. The highest BCUT2D eigenvalue weighted by Crippen LogP contribution is 2.11. The summed E-state index contributed by atoms with van der Waals surface area (Å²) in [4.78, 5) is 16.5. The summed E-state index contributed by atoms with van der Waals surface area (Å²) in [5, 5.41) is 6.40. The molecule has 0 spiro atoms. The van der Waals surface area contributed by atoms with Gasteiger partial charge in [0, 0.05) is 38.6 Å². The molecule has 2 rings (SSSR count). The van der Waals surface area contributed by atoms with Gasteiger partial charge < -0.3 is 15.5 Å². The molecule has 2 aliphatic heterocycles. The average Bonchev–Trinajstić information content (AvgIpc) is 2.83. The van der Waals surface area contributed by atoms with E-state index in [0.717, 1.165) is 45.7 Å². The predicted molar refractivity (Wildman–Crippen MR) is 72.5 cm³/mol. The van der Waals surface area contributed by atoms with Gasteiger partial charge in [-0.15, -0.1) is 0 Å². The van der Waals surface area contributed by atoms with E-state index >= 15 is 0 Å². The van der Waals surface area contributed by atoms with Crippen LogP contribution in [-0.4, -0.2) is 75.1 Å². The zero-order valence-corrected chi connectivity index (χ0v) is 11.6. The Morgan fingerprint density at radius 3 is 2.94 bits per heavy atom. The molecule has 5 nitrogen and oxygen atoms in total. The monoisotopic (exact) mass is 254 g/mol. The van der Waals surface area contributed by atoms with Crippen LogP contribution in [-0.2, 0) is 4.79 Å². The maximum atomic E-state index is 11.9. The van der Waals surface area contributed by atoms with Crippen molar-refractivity contribution < 1.29 is 4.79 Å². The second-order valence-electron chi connectivity index (χ2n) is 5.76. The number of carbonyl (C=O) groups is 1. The lowest BCUT2D eigenvalue weighted by atomic mass is 10.0. The second-order valence-corrected chi connectivity index (χ2v) is 5.76. The van der Waals surface area contributed by atoms with Crippen LogP contribution in [0.1, 0.15) is 12.8 Å². The summed E-state index contributed by atoms with van der Waals surface area (Å²) in [5.74, 6) is 0.752. The van der Waals surface area contributed by atoms with Crippen molar-refractivity contribution in [2.75, 3.05) is 53.4 Å². The maximum Gasteiger partial charge on any atom is 0.220 e. The maximum absolute atomic E-state index is 11.9. The van der Waals surface area contributed by atoms with Crippen LogP contribution in [0.15, 0.2) is 0 Å². The van der Waals surface area contributed by atoms with E-state index in [1.807, 2.05) is 0 Å². The smallest absolute Gasteiger partial charge is 0.220 e. The van der Waals surface area contributed by atoms with Crippen molar-refractivity contribution in [2.24, 2.45) is 5.92 Å². The summed E-state index contributed by atoms with van der Waals surface area (Å²) in [6.07, 6.45) is 1.82. The third-order valence-corrected chi connectivity index (χ3v) is 4.15. The fraction of sp³-hybridized carbons (Fsp3) is 0.923. The molecule has 0 aromatic heterocycles. The lowest BCUT2D eigenvalue weighted by molar-refractivity contribution is -0.122. The first-order valence-corrected chi connectivity index (χ1v) is 7.01. The lowest BCUT2D eigenvalue weighted by Crippen LogP contribution is -2.54. The molecule has 2 heterocycles. The standard InChI is InChI=1S/C13H26N4O/c1-16-5-6-17(2)12(10-16)9-15-13(18)7-11-3-4-14-8-11/h11-12,14H,3-10H2,1-2H3,(H,15,18). The van der Waals surface area contributed by atoms with E-state index < -0.39 is 0 Å². The molecule has 0 aromatic carbocycles. The van der Waals surface area contributed by atoms with Crippen molar-refractivity contribution in [2.45, 2.75) is 18.9 Å². The van der Waals surface area contributed by atoms with Crippen LogP contribution in [0.4, 0.5) is 0 Å². The Bertz CT molecular complexity index is 278. The van der Waals surface area contributed by atoms with Crippen LogP contribution in [0.3, 0.4) is 0 Å². The molecule has 0 aliphatic carbocycles. The largest absolute Gasteiger partial charge is 0.354 e. The molecular formula is C13H26N4O. The molecule has 2 N–H and O–H groups in total. The van der Waals surface area contributed by atoms with Crippen LogP contribution >= 0.6 is 0 Å². The van der Waals surface area contributed by atoms with Crippen molar-refractivity contribution in [1.82, 2.24) is 20.4 Å². The Labute approximate surface area is 110 Å². The summed E-state index contributed by atoms with van der Waals surface area (Å²) >= 11 is 0. The summed E-state index contributed by atoms with van der Waals surface area (Å²) in [6.45, 7) is 6.09. The van der Waals surface area contributed by atoms with Gasteiger partial charge in [-0.3, -0.25) is 9.69 Å². The minimum absolute atomic E-state index is 0.213. The van der Waals surface area contributed by atoms with E-state index in [1.54, 1.807) is 0 Å². The second kappa shape index (κ2) is 6.50. The topological polar surface area (TPSA) is 47.6 Å². The molecule has 1 amide bonds. The van der Waals surface area contributed by atoms with Crippen molar-refractivity contribution >= 4 is 5.91 Å². The minimum Gasteiger partial charge on any atom is -0.354 e. The van der Waals surface area contributed by atoms with Gasteiger partial charge in [-0.1, -0.05) is 0 Å². The fourth-order valence-corrected chi connectivity index (χ4v) is 2.78. The Morgan fingerprint density at radius 2 is 2.22 bits per heavy atom. The molecule has 2 atom stereocenters. The van der Waals surface area contributed by atoms with Crippen LogP contribution in [0.2, 0.25) is 0 Å². The average molecular weight is 254 g/mol. The van der Waals surface area contributed by atoms with Crippen molar-refractivity contribution in [1.29, 1.82) is 0 Å². The Kier molecular flexibility index (Phi) is 4.97. The highest BCUT2D eigenvalue weighted by atomic mass is 16.1. The molecule has 2 aliphatic rings. The number of piperazine rings is 1. The van der Waals surface area contributed by atoms with Gasteiger partial charge in [-0.25, -0.2) is 0 Å². The number of rotatable bonds is 4. The first kappa shape index (κ1) is 13.8. The normalized spacial score (nSPS) is 30.6. The number of nitrogens with zero attached hydrogens (tertiary/aromatic N) is 2. The van der Waals surface area contributed by atoms with Crippen molar-refractivity contribution in [3.8, 4) is 0 Å². The molecule has 0 saturated carbocycles. The summed E-state index contributed by atoms with van der Waals surface area (Å²) in [6, 6.07) is 0.453. The van der Waals surface area contributed by atoms with Gasteiger partial charge >= 0.3 is 0 Å². The van der Waals surface area contributed by atoms with Gasteiger partial charge in [0.1, 0.15) is 0 Å². The molecule has 2 fully saturated rings. The summed E-state index contributed by atoms with van der Waals surface area (Å²) in [5.41, 5.74) is 0. The number of nitrogens with one attached hydrogen (secondary N) is 2. The van der Waals surface area contributed by atoms with Crippen LogP contribution in [0.5, 0.6) is 0 Å². The van der Waals surface area contributed by atoms with Gasteiger partial charge in [-0.05, 0) is 39.5 Å². The Morgan fingerprint density at radius 1 is 1.39 bits per heavy atom. The fourth-order valence-electron chi connectivity index (χ4n) is 2.78. The molecule has 5 heteroatoms. The molecule has 18 heavy (non-hydrogen) atoms. The van der Waals surface area contributed by atoms with Crippen molar-refractivity contribution in [3.05, 3.63) is 0 Å². The van der Waals surface area contributed by atoms with Crippen LogP contribution in [0, 0.1) is 5.92 Å². The molecule has 2 saturated heterocycles. The molecule has 2 unspecified atom stereocenters. The Hall–Kier alpha value is -0.650. The van der Waals surface area contributed by atoms with E-state index in [1.165, 1.54) is 0 Å². The highest BCUT2D eigenvalue weighted by molar-refractivity contribution is 5.76. The van der Waals surface area contributed by atoms with Crippen molar-refractivity contribution in [3.63, 3.8) is 0 Å². The third-order valence-electron chi connectivity index (χ3n) is 4.15. The highest BCUT2D eigenvalue weighted by Gasteiger charge is 2.23. The Balaban J connectivity index is 1.67. The first-order chi connectivity index (χ1) is 8.65. The predicted octanol–water partition coefficient (Wildman–Crippen LogP) is -0.652. The zero-order chi connectivity index (χ0) is 13.0. The van der Waals surface area contributed by atoms with Gasteiger partial charge in [0.15, 0.2) is 0 Å². The van der Waals surface area contributed by atoms with Gasteiger partial charge in [0.05, 0.1) is 0 Å². The summed E-state index contributed by atoms with van der Waals surface area (Å²) < 4.78 is 0. The number of hydrogen-bond acceptors (Lipinski definition) is 4. The van der Waals surface area contributed by atoms with Gasteiger partial charge in [0.2, 0.25) is 5.91 Å². The third kappa shape index (κ3) is 3.93. The molecule has 104 valence electrons. The minimum atomic E-state index is 0.213. The van der Waals surface area contributed by atoms with E-state index in [2.05, 4.69) is 34.5 Å². The lowest BCUT2D eigenvalue weighted by Gasteiger charge is -2.37. The quantitative estimate of drug-likeness (QED) is 0.700. The van der Waals surface area contributed by atoms with Gasteiger partial charge in [-0.2, -0.15) is 0 Å². The number of amides is 1. The van der Waals surface area contributed by atoms with E-state index in [4.69, 9.17) is 0 Å². The van der Waals surface area contributed by atoms with Gasteiger partial charge in [0.25, 0.3) is 0 Å². The first-order valence-electron chi connectivity index (χ1n) is 7.01. The zero-order valence-electron chi connectivity index (χ0n) is 11.6. The molecule has 0 bridgehead atoms. The number of hydrogen-bond donors (Lipinski definition) is 2. The van der Waals surface area contributed by atoms with Crippen LogP contribution < -0.4 is 10.6 Å². The molecule has 0 aromatic rings. The number of carbonyl (C=O) groups excluding carboxylic acids is 1. The van der Waals surface area contributed by atoms with E-state index in [-0.39, 0.29) is 5.91 Å². The van der Waals surface area contributed by atoms with Crippen LogP contribution in [0.25, 0.3) is 0 Å². The molecule has 0 radical (unpaired) electrons. The number of likely N-dealkylation sites (N-methyl/N-ethyl adjacent to an activating group) is 2.